The topological polar surface area (TPSA) is 92.3 Å². The third-order valence-electron chi connectivity index (χ3n) is 6.59. The highest BCUT2D eigenvalue weighted by Crippen LogP contribution is 2.35. The number of carbonyl (C=O) groups excluding carboxylic acids is 2. The third-order valence-corrected chi connectivity index (χ3v) is 6.94. The number of rotatable bonds is 9. The Morgan fingerprint density at radius 3 is 2.39 bits per heavy atom. The van der Waals surface area contributed by atoms with Crippen molar-refractivity contribution in [1.29, 1.82) is 0 Å². The van der Waals surface area contributed by atoms with Crippen LogP contribution in [-0.4, -0.2) is 29.1 Å². The van der Waals surface area contributed by atoms with Crippen molar-refractivity contribution in [2.75, 3.05) is 17.2 Å². The number of anilines is 2. The number of aromatic nitrogens is 1. The van der Waals surface area contributed by atoms with Crippen LogP contribution >= 0.6 is 11.6 Å². The van der Waals surface area contributed by atoms with Gasteiger partial charge < -0.3 is 15.4 Å². The molecule has 0 aliphatic heterocycles. The zero-order valence-corrected chi connectivity index (χ0v) is 25.2. The number of halogens is 5. The van der Waals surface area contributed by atoms with Crippen LogP contribution < -0.4 is 16.0 Å². The molecule has 0 fully saturated rings. The Morgan fingerprint density at radius 1 is 0.977 bits per heavy atom. The van der Waals surface area contributed by atoms with Gasteiger partial charge in [-0.1, -0.05) is 48.0 Å². The molecule has 0 aliphatic carbocycles. The molecule has 3 aromatic carbocycles. The van der Waals surface area contributed by atoms with E-state index in [2.05, 4.69) is 20.9 Å². The van der Waals surface area contributed by atoms with Crippen molar-refractivity contribution in [2.45, 2.75) is 52.2 Å². The van der Waals surface area contributed by atoms with E-state index in [1.54, 1.807) is 39.8 Å². The molecule has 236 valence electrons. The van der Waals surface area contributed by atoms with Crippen LogP contribution in [0.25, 0.3) is 10.8 Å². The summed E-state index contributed by atoms with van der Waals surface area (Å²) in [6.07, 6.45) is -1.11. The fourth-order valence-corrected chi connectivity index (χ4v) is 4.67. The zero-order valence-electron chi connectivity index (χ0n) is 24.5. The summed E-state index contributed by atoms with van der Waals surface area (Å²) >= 11 is 6.17. The lowest BCUT2D eigenvalue weighted by atomic mass is 9.99. The average molecular weight is 635 g/mol. The summed E-state index contributed by atoms with van der Waals surface area (Å²) in [5, 5.41) is 7.67. The maximum absolute atomic E-state index is 15.4. The van der Waals surface area contributed by atoms with Gasteiger partial charge in [0, 0.05) is 36.6 Å². The molecule has 0 bridgehead atoms. The van der Waals surface area contributed by atoms with Gasteiger partial charge in [0.1, 0.15) is 17.2 Å². The van der Waals surface area contributed by atoms with E-state index >= 15 is 13.2 Å². The van der Waals surface area contributed by atoms with Crippen LogP contribution in [0.5, 0.6) is 0 Å². The highest BCUT2D eigenvalue weighted by Gasteiger charge is 2.34. The first kappa shape index (κ1) is 32.5. The highest BCUT2D eigenvalue weighted by molar-refractivity contribution is 6.31. The van der Waals surface area contributed by atoms with Gasteiger partial charge in [0.15, 0.2) is 5.82 Å². The number of fused-ring (bicyclic) bond motifs is 1. The molecule has 44 heavy (non-hydrogen) atoms. The average Bonchev–Trinajstić information content (AvgIpc) is 2.93. The highest BCUT2D eigenvalue weighted by atomic mass is 35.5. The third kappa shape index (κ3) is 7.96. The number of nitrogens with zero attached hydrogens (tertiary/aromatic N) is 1. The molecule has 0 saturated carbocycles. The Hall–Kier alpha value is -4.38. The normalized spacial score (nSPS) is 11.8. The second kappa shape index (κ2) is 13.1. The standard InChI is InChI=1S/C32H31ClF4N4O3.2H2/c1-18-19(11-14-27(40-18)41-30(43)44-31(2,3)4)16-38-28(42)15-22-24(33)12-13-26(29(22)35)39-17-32(36,37)23-9-5-8-21-20(23)7-6-10-25(21)34;;/h5-14,39H,15-17H2,1-4H3,(H,38,42)(H,40,41,43);2*1H. The summed E-state index contributed by atoms with van der Waals surface area (Å²) in [7, 11) is 0. The van der Waals surface area contributed by atoms with Gasteiger partial charge in [-0.15, -0.1) is 0 Å². The van der Waals surface area contributed by atoms with Crippen LogP contribution in [0.3, 0.4) is 0 Å². The van der Waals surface area contributed by atoms with Crippen molar-refractivity contribution in [2.24, 2.45) is 0 Å². The molecule has 2 amide bonds. The van der Waals surface area contributed by atoms with Crippen molar-refractivity contribution in [1.82, 2.24) is 10.3 Å². The first-order chi connectivity index (χ1) is 20.6. The molecule has 4 rings (SSSR count). The zero-order chi connectivity index (χ0) is 32.2. The Balaban J connectivity index is 0.00000368. The van der Waals surface area contributed by atoms with Crippen LogP contribution in [0.1, 0.15) is 46.0 Å². The van der Waals surface area contributed by atoms with E-state index in [4.69, 9.17) is 16.3 Å². The minimum atomic E-state index is -3.49. The predicted octanol–water partition coefficient (Wildman–Crippen LogP) is 8.38. The number of pyridine rings is 1. The van der Waals surface area contributed by atoms with Crippen LogP contribution in [0, 0.1) is 18.6 Å². The van der Waals surface area contributed by atoms with Gasteiger partial charge in [-0.3, -0.25) is 10.1 Å². The lowest BCUT2D eigenvalue weighted by Gasteiger charge is -2.21. The molecule has 0 unspecified atom stereocenters. The molecular formula is C32H35ClF4N4O3. The Morgan fingerprint density at radius 2 is 1.68 bits per heavy atom. The van der Waals surface area contributed by atoms with Crippen molar-refractivity contribution >= 4 is 45.9 Å². The first-order valence-corrected chi connectivity index (χ1v) is 14.0. The van der Waals surface area contributed by atoms with E-state index in [1.807, 2.05) is 0 Å². The van der Waals surface area contributed by atoms with E-state index < -0.39 is 53.7 Å². The van der Waals surface area contributed by atoms with Crippen molar-refractivity contribution in [3.63, 3.8) is 0 Å². The Kier molecular flexibility index (Phi) is 9.68. The predicted molar refractivity (Wildman–Crippen MR) is 166 cm³/mol. The molecule has 0 saturated heterocycles. The minimum Gasteiger partial charge on any atom is -0.444 e. The Bertz CT molecular complexity index is 1720. The molecule has 0 spiro atoms. The summed E-state index contributed by atoms with van der Waals surface area (Å²) in [6, 6.07) is 13.6. The second-order valence-electron chi connectivity index (χ2n) is 11.1. The van der Waals surface area contributed by atoms with E-state index in [-0.39, 0.29) is 42.3 Å². The molecule has 0 radical (unpaired) electrons. The van der Waals surface area contributed by atoms with Crippen LogP contribution in [0.4, 0.5) is 33.9 Å². The largest absolute Gasteiger partial charge is 0.444 e. The first-order valence-electron chi connectivity index (χ1n) is 13.6. The quantitative estimate of drug-likeness (QED) is 0.161. The molecule has 1 aromatic heterocycles. The van der Waals surface area contributed by atoms with E-state index in [0.29, 0.717) is 11.3 Å². The minimum absolute atomic E-state index is 0. The lowest BCUT2D eigenvalue weighted by molar-refractivity contribution is -0.120. The van der Waals surface area contributed by atoms with Crippen LogP contribution in [-0.2, 0) is 28.4 Å². The number of hydrogen-bond acceptors (Lipinski definition) is 5. The number of alkyl halides is 2. The van der Waals surface area contributed by atoms with Crippen molar-refractivity contribution < 1.29 is 34.7 Å². The maximum atomic E-state index is 15.4. The lowest BCUT2D eigenvalue weighted by Crippen LogP contribution is -2.28. The summed E-state index contributed by atoms with van der Waals surface area (Å²) in [4.78, 5) is 29.0. The Labute approximate surface area is 259 Å². The fraction of sp³-hybridized carbons (Fsp3) is 0.281. The molecule has 4 aromatic rings. The summed E-state index contributed by atoms with van der Waals surface area (Å²) in [5.74, 6) is -5.35. The summed E-state index contributed by atoms with van der Waals surface area (Å²) in [6.45, 7) is 5.96. The van der Waals surface area contributed by atoms with Crippen LogP contribution in [0.15, 0.2) is 60.7 Å². The van der Waals surface area contributed by atoms with E-state index in [9.17, 15) is 14.0 Å². The molecule has 3 N–H and O–H groups in total. The van der Waals surface area contributed by atoms with Gasteiger partial charge in [0.05, 0.1) is 18.7 Å². The monoisotopic (exact) mass is 634 g/mol. The number of aryl methyl sites for hydroxylation is 1. The smallest absolute Gasteiger partial charge is 0.413 e. The number of nitrogens with one attached hydrogen (secondary N) is 3. The molecule has 7 nitrogen and oxygen atoms in total. The molecular weight excluding hydrogens is 600 g/mol. The number of carbonyl (C=O) groups is 2. The molecule has 1 heterocycles. The van der Waals surface area contributed by atoms with E-state index in [1.165, 1.54) is 48.5 Å². The molecule has 12 heteroatoms. The molecule has 0 atom stereocenters. The number of benzene rings is 3. The summed E-state index contributed by atoms with van der Waals surface area (Å²) < 4.78 is 65.2. The van der Waals surface area contributed by atoms with Crippen molar-refractivity contribution in [3.8, 4) is 0 Å². The fourth-order valence-electron chi connectivity index (χ4n) is 4.46. The number of amides is 2. The number of hydrogen-bond donors (Lipinski definition) is 3. The van der Waals surface area contributed by atoms with Gasteiger partial charge in [-0.25, -0.2) is 18.6 Å². The van der Waals surface area contributed by atoms with Gasteiger partial charge >= 0.3 is 6.09 Å². The molecule has 0 aliphatic rings. The second-order valence-corrected chi connectivity index (χ2v) is 11.5. The van der Waals surface area contributed by atoms with E-state index in [0.717, 1.165) is 0 Å². The maximum Gasteiger partial charge on any atom is 0.413 e. The van der Waals surface area contributed by atoms with Crippen molar-refractivity contribution in [3.05, 3.63) is 99.7 Å². The SMILES string of the molecule is Cc1nc(NC(=O)OC(C)(C)C)ccc1CNC(=O)Cc1c(Cl)ccc(NCC(F)(F)c2cccc3c(F)cccc23)c1F.[HH].[HH]. The van der Waals surface area contributed by atoms with Gasteiger partial charge in [0.25, 0.3) is 5.92 Å². The summed E-state index contributed by atoms with van der Waals surface area (Å²) in [5.41, 5.74) is -0.344. The van der Waals surface area contributed by atoms with Gasteiger partial charge in [0.2, 0.25) is 5.91 Å². The number of ether oxygens (including phenoxy) is 1. The van der Waals surface area contributed by atoms with Gasteiger partial charge in [-0.05, 0) is 62.9 Å². The van der Waals surface area contributed by atoms with Gasteiger partial charge in [-0.2, -0.15) is 8.78 Å². The van der Waals surface area contributed by atoms with Crippen LogP contribution in [0.2, 0.25) is 5.02 Å².